The number of aldehydes is 1. The number of carbonyl (C=O) groups is 2. The molecule has 0 unspecified atom stereocenters. The summed E-state index contributed by atoms with van der Waals surface area (Å²) in [4.78, 5) is 28.0. The Labute approximate surface area is 250 Å². The number of rotatable bonds is 11. The zero-order chi connectivity index (χ0) is 31.0. The minimum atomic E-state index is -0.353. The molecule has 0 amide bonds. The largest absolute Gasteiger partial charge is 0.388 e. The van der Waals surface area contributed by atoms with Crippen LogP contribution in [-0.2, 0) is 15.0 Å². The molecule has 4 aromatic rings. The van der Waals surface area contributed by atoms with E-state index < -0.39 is 0 Å². The average Bonchev–Trinajstić information content (AvgIpc) is 3.01. The first-order chi connectivity index (χ1) is 20.2. The van der Waals surface area contributed by atoms with Crippen molar-refractivity contribution in [1.29, 1.82) is 0 Å². The fourth-order valence-electron chi connectivity index (χ4n) is 3.98. The summed E-state index contributed by atoms with van der Waals surface area (Å²) in [5.41, 5.74) is 7.26. The van der Waals surface area contributed by atoms with Gasteiger partial charge in [-0.05, 0) is 88.7 Å². The molecule has 0 fully saturated rings. The third-order valence-electron chi connectivity index (χ3n) is 6.53. The first kappa shape index (κ1) is 33.6. The Bertz CT molecular complexity index is 1370. The van der Waals surface area contributed by atoms with E-state index in [4.69, 9.17) is 9.78 Å². The van der Waals surface area contributed by atoms with E-state index in [9.17, 15) is 4.79 Å². The van der Waals surface area contributed by atoms with Crippen LogP contribution in [0.2, 0.25) is 0 Å². The first-order valence-corrected chi connectivity index (χ1v) is 14.0. The van der Waals surface area contributed by atoms with Crippen molar-refractivity contribution in [2.75, 3.05) is 43.1 Å². The molecule has 0 aliphatic rings. The summed E-state index contributed by atoms with van der Waals surface area (Å²) in [6, 6.07) is 24.5. The van der Waals surface area contributed by atoms with Crippen molar-refractivity contribution >= 4 is 36.2 Å². The number of hydrogen-bond acceptors (Lipinski definition) is 8. The standard InChI is InChI=1S/C22H28N6.C11H14O.CH2O/c1-16-6-4-7-19(14-16)27-22-26-15-20(17-8-10-18(24-3)11-9-17)21(28-22)25-13-5-12-23-2;1-9-4-6-10(7-5-9)11(2,3)8-12;1-2/h4,6-11,14-15,23-24H,5,12-13H2,1-3H3,(H2,25,26,27,28);4-8H,1-3H3;1H2. The summed E-state index contributed by atoms with van der Waals surface area (Å²) in [5, 5.41) is 13.1. The van der Waals surface area contributed by atoms with Crippen LogP contribution in [0.5, 0.6) is 0 Å². The molecule has 1 heterocycles. The summed E-state index contributed by atoms with van der Waals surface area (Å²) in [6.45, 7) is 11.7. The maximum absolute atomic E-state index is 10.7. The number of aryl methyl sites for hydroxylation is 2. The fourth-order valence-corrected chi connectivity index (χ4v) is 3.98. The Kier molecular flexibility index (Phi) is 13.9. The van der Waals surface area contributed by atoms with Crippen molar-refractivity contribution in [2.45, 2.75) is 39.5 Å². The zero-order valence-corrected chi connectivity index (χ0v) is 25.6. The molecule has 1 aromatic heterocycles. The smallest absolute Gasteiger partial charge is 0.229 e. The highest BCUT2D eigenvalue weighted by Crippen LogP contribution is 2.28. The highest BCUT2D eigenvalue weighted by atomic mass is 16.1. The summed E-state index contributed by atoms with van der Waals surface area (Å²) >= 11 is 0. The molecule has 0 spiro atoms. The lowest BCUT2D eigenvalue weighted by atomic mass is 9.86. The molecule has 4 N–H and O–H groups in total. The van der Waals surface area contributed by atoms with Gasteiger partial charge in [-0.1, -0.05) is 54.1 Å². The second-order valence-corrected chi connectivity index (χ2v) is 10.4. The number of nitrogens with one attached hydrogen (secondary N) is 4. The van der Waals surface area contributed by atoms with E-state index in [1.54, 1.807) is 0 Å². The molecule has 4 rings (SSSR count). The molecule has 0 bridgehead atoms. The summed E-state index contributed by atoms with van der Waals surface area (Å²) in [5.74, 6) is 1.41. The van der Waals surface area contributed by atoms with Gasteiger partial charge in [0, 0.05) is 42.1 Å². The predicted octanol–water partition coefficient (Wildman–Crippen LogP) is 6.55. The number of hydrogen-bond donors (Lipinski definition) is 4. The third-order valence-corrected chi connectivity index (χ3v) is 6.53. The Balaban J connectivity index is 0.000000368. The Hall–Kier alpha value is -4.56. The van der Waals surface area contributed by atoms with Crippen LogP contribution in [0.15, 0.2) is 79.0 Å². The zero-order valence-electron chi connectivity index (χ0n) is 25.6. The van der Waals surface area contributed by atoms with Gasteiger partial charge in [0.05, 0.1) is 0 Å². The van der Waals surface area contributed by atoms with E-state index in [0.717, 1.165) is 59.7 Å². The molecule has 0 saturated carbocycles. The fraction of sp³-hybridized carbons (Fsp3) is 0.294. The van der Waals surface area contributed by atoms with E-state index in [2.05, 4.69) is 69.6 Å². The van der Waals surface area contributed by atoms with Crippen LogP contribution in [0.1, 0.15) is 37.0 Å². The molecule has 0 saturated heterocycles. The molecule has 8 heteroatoms. The van der Waals surface area contributed by atoms with Crippen LogP contribution in [-0.4, -0.2) is 50.2 Å². The Morgan fingerprint density at radius 3 is 2.14 bits per heavy atom. The monoisotopic (exact) mass is 568 g/mol. The van der Waals surface area contributed by atoms with Crippen molar-refractivity contribution in [2.24, 2.45) is 0 Å². The highest BCUT2D eigenvalue weighted by Gasteiger charge is 2.18. The Morgan fingerprint density at radius 1 is 0.857 bits per heavy atom. The maximum atomic E-state index is 10.7. The van der Waals surface area contributed by atoms with Crippen molar-refractivity contribution in [3.63, 3.8) is 0 Å². The SMILES string of the molecule is C=O.CNCCCNc1nc(Nc2cccc(C)c2)ncc1-c1ccc(NC)cc1.Cc1ccc(C(C)(C)C=O)cc1. The third kappa shape index (κ3) is 10.4. The van der Waals surface area contributed by atoms with Crippen LogP contribution in [0.4, 0.5) is 23.1 Å². The number of benzene rings is 3. The molecule has 8 nitrogen and oxygen atoms in total. The van der Waals surface area contributed by atoms with E-state index in [1.807, 2.05) is 84.3 Å². The second-order valence-electron chi connectivity index (χ2n) is 10.4. The molecule has 0 aliphatic carbocycles. The minimum absolute atomic E-state index is 0.353. The first-order valence-electron chi connectivity index (χ1n) is 14.0. The van der Waals surface area contributed by atoms with Gasteiger partial charge in [-0.3, -0.25) is 0 Å². The summed E-state index contributed by atoms with van der Waals surface area (Å²) in [7, 11) is 3.88. The average molecular weight is 569 g/mol. The van der Waals surface area contributed by atoms with Crippen LogP contribution >= 0.6 is 0 Å². The highest BCUT2D eigenvalue weighted by molar-refractivity contribution is 5.76. The Morgan fingerprint density at radius 2 is 1.55 bits per heavy atom. The lowest BCUT2D eigenvalue weighted by Crippen LogP contribution is -2.18. The van der Waals surface area contributed by atoms with E-state index in [1.165, 1.54) is 11.1 Å². The lowest BCUT2D eigenvalue weighted by molar-refractivity contribution is -0.111. The topological polar surface area (TPSA) is 108 Å². The van der Waals surface area contributed by atoms with Crippen molar-refractivity contribution in [3.05, 3.63) is 95.7 Å². The number of carbonyl (C=O) groups excluding carboxylic acids is 2. The maximum Gasteiger partial charge on any atom is 0.229 e. The number of aromatic nitrogens is 2. The molecule has 0 atom stereocenters. The lowest BCUT2D eigenvalue weighted by Gasteiger charge is -2.16. The van der Waals surface area contributed by atoms with Gasteiger partial charge >= 0.3 is 0 Å². The molecule has 0 aliphatic heterocycles. The van der Waals surface area contributed by atoms with Gasteiger partial charge < -0.3 is 30.9 Å². The van der Waals surface area contributed by atoms with Crippen molar-refractivity contribution in [1.82, 2.24) is 15.3 Å². The molecule has 3 aromatic carbocycles. The summed E-state index contributed by atoms with van der Waals surface area (Å²) in [6.07, 6.45) is 3.87. The van der Waals surface area contributed by atoms with E-state index >= 15 is 0 Å². The van der Waals surface area contributed by atoms with Gasteiger partial charge in [-0.2, -0.15) is 4.98 Å². The quantitative estimate of drug-likeness (QED) is 0.119. The molecule has 42 heavy (non-hydrogen) atoms. The van der Waals surface area contributed by atoms with E-state index in [0.29, 0.717) is 5.95 Å². The van der Waals surface area contributed by atoms with Gasteiger partial charge in [0.1, 0.15) is 18.9 Å². The van der Waals surface area contributed by atoms with Gasteiger partial charge in [0.15, 0.2) is 0 Å². The second kappa shape index (κ2) is 17.3. The van der Waals surface area contributed by atoms with Crippen LogP contribution in [0.25, 0.3) is 11.1 Å². The van der Waals surface area contributed by atoms with Crippen LogP contribution in [0, 0.1) is 13.8 Å². The number of nitrogens with zero attached hydrogens (tertiary/aromatic N) is 2. The normalized spacial score (nSPS) is 10.3. The van der Waals surface area contributed by atoms with Gasteiger partial charge in [0.25, 0.3) is 0 Å². The van der Waals surface area contributed by atoms with Crippen molar-refractivity contribution < 1.29 is 9.59 Å². The molecule has 222 valence electrons. The minimum Gasteiger partial charge on any atom is -0.388 e. The predicted molar refractivity (Wildman–Crippen MR) is 176 cm³/mol. The van der Waals surface area contributed by atoms with Gasteiger partial charge in [0.2, 0.25) is 5.95 Å². The molecular weight excluding hydrogens is 524 g/mol. The van der Waals surface area contributed by atoms with Gasteiger partial charge in [-0.25, -0.2) is 4.98 Å². The molecule has 0 radical (unpaired) electrons. The summed E-state index contributed by atoms with van der Waals surface area (Å²) < 4.78 is 0. The number of anilines is 4. The van der Waals surface area contributed by atoms with Crippen LogP contribution in [0.3, 0.4) is 0 Å². The van der Waals surface area contributed by atoms with E-state index in [-0.39, 0.29) is 5.41 Å². The van der Waals surface area contributed by atoms with Crippen LogP contribution < -0.4 is 21.3 Å². The van der Waals surface area contributed by atoms with Crippen molar-refractivity contribution in [3.8, 4) is 11.1 Å². The molecular formula is C34H44N6O2. The van der Waals surface area contributed by atoms with Gasteiger partial charge in [-0.15, -0.1) is 0 Å².